The summed E-state index contributed by atoms with van der Waals surface area (Å²) in [7, 11) is 0. The van der Waals surface area contributed by atoms with Crippen LogP contribution in [0.25, 0.3) is 0 Å². The van der Waals surface area contributed by atoms with Gasteiger partial charge in [0.2, 0.25) is 11.8 Å². The fourth-order valence-corrected chi connectivity index (χ4v) is 4.78. The summed E-state index contributed by atoms with van der Waals surface area (Å²) in [6.07, 6.45) is 0.382. The number of nitrogens with zero attached hydrogens (tertiary/aromatic N) is 1. The average molecular weight is 576 g/mol. The summed E-state index contributed by atoms with van der Waals surface area (Å²) >= 11 is 0. The molecule has 0 unspecified atom stereocenters. The van der Waals surface area contributed by atoms with Gasteiger partial charge in [0, 0.05) is 12.8 Å². The molecule has 0 radical (unpaired) electrons. The predicted octanol–water partition coefficient (Wildman–Crippen LogP) is 5.03. The van der Waals surface area contributed by atoms with Crippen molar-refractivity contribution in [1.82, 2.24) is 10.6 Å². The second kappa shape index (κ2) is 15.0. The van der Waals surface area contributed by atoms with Crippen molar-refractivity contribution < 1.29 is 24.2 Å². The molecule has 0 saturated carbocycles. The van der Waals surface area contributed by atoms with E-state index in [1.807, 2.05) is 91.9 Å². The molecule has 0 aliphatic rings. The molecule has 2 atom stereocenters. The summed E-state index contributed by atoms with van der Waals surface area (Å²) in [6.45, 7) is 2.02. The van der Waals surface area contributed by atoms with Gasteiger partial charge in [-0.2, -0.15) is 5.26 Å². The number of amides is 2. The smallest absolute Gasteiger partial charge is 0.335 e. The lowest BCUT2D eigenvalue weighted by Crippen LogP contribution is -2.51. The molecule has 0 aliphatic carbocycles. The summed E-state index contributed by atoms with van der Waals surface area (Å²) in [4.78, 5) is 38.7. The molecule has 0 heterocycles. The Labute approximate surface area is 251 Å². The molecule has 2 amide bonds. The van der Waals surface area contributed by atoms with Gasteiger partial charge in [0.05, 0.1) is 24.2 Å². The molecule has 4 rings (SSSR count). The predicted molar refractivity (Wildman–Crippen MR) is 163 cm³/mol. The Morgan fingerprint density at radius 2 is 1.47 bits per heavy atom. The zero-order chi connectivity index (χ0) is 30.6. The highest BCUT2D eigenvalue weighted by Gasteiger charge is 2.29. The number of hydrogen-bond acceptors (Lipinski definition) is 5. The van der Waals surface area contributed by atoms with E-state index in [0.29, 0.717) is 5.75 Å². The van der Waals surface area contributed by atoms with Crippen LogP contribution in [-0.2, 0) is 16.0 Å². The minimum Gasteiger partial charge on any atom is -0.493 e. The molecule has 0 fully saturated rings. The van der Waals surface area contributed by atoms with E-state index in [4.69, 9.17) is 4.74 Å². The van der Waals surface area contributed by atoms with E-state index in [1.54, 1.807) is 12.1 Å². The molecule has 0 aliphatic heterocycles. The first-order chi connectivity index (χ1) is 20.8. The van der Waals surface area contributed by atoms with Gasteiger partial charge in [0.1, 0.15) is 17.8 Å². The fraction of sp³-hybridized carbons (Fsp3) is 0.200. The molecule has 0 spiro atoms. The van der Waals surface area contributed by atoms with Gasteiger partial charge in [-0.25, -0.2) is 4.79 Å². The number of aromatic carboxylic acids is 1. The lowest BCUT2D eigenvalue weighted by molar-refractivity contribution is -0.129. The van der Waals surface area contributed by atoms with Gasteiger partial charge in [0.15, 0.2) is 0 Å². The summed E-state index contributed by atoms with van der Waals surface area (Å²) in [5.74, 6) is -2.19. The Kier molecular flexibility index (Phi) is 10.6. The topological polar surface area (TPSA) is 129 Å². The van der Waals surface area contributed by atoms with E-state index >= 15 is 0 Å². The van der Waals surface area contributed by atoms with Crippen molar-refractivity contribution in [1.29, 1.82) is 5.26 Å². The van der Waals surface area contributed by atoms with E-state index in [2.05, 4.69) is 16.7 Å². The Morgan fingerprint density at radius 3 is 2.07 bits per heavy atom. The molecule has 4 aromatic carbocycles. The Morgan fingerprint density at radius 1 is 0.814 bits per heavy atom. The minimum atomic E-state index is -1.07. The minimum absolute atomic E-state index is 0.0700. The van der Waals surface area contributed by atoms with E-state index in [-0.39, 0.29) is 30.9 Å². The molecule has 8 heteroatoms. The Hall–Kier alpha value is -5.42. The van der Waals surface area contributed by atoms with Gasteiger partial charge in [-0.05, 0) is 41.8 Å². The van der Waals surface area contributed by atoms with Crippen molar-refractivity contribution >= 4 is 17.8 Å². The van der Waals surface area contributed by atoms with E-state index < -0.39 is 29.9 Å². The SMILES string of the molecule is Cc1cccc(C[C@H](NC(=O)C(c2ccccc2)c2ccccc2)C(=O)N[C@H](C#N)CCOc2cccc(C(=O)O)c2)c1. The molecule has 218 valence electrons. The van der Waals surface area contributed by atoms with Gasteiger partial charge in [0.25, 0.3) is 0 Å². The highest BCUT2D eigenvalue weighted by molar-refractivity contribution is 5.93. The molecular formula is C35H33N3O5. The first-order valence-electron chi connectivity index (χ1n) is 14.0. The average Bonchev–Trinajstić information content (AvgIpc) is 3.01. The number of nitriles is 1. The van der Waals surface area contributed by atoms with Crippen LogP contribution in [0.15, 0.2) is 109 Å². The van der Waals surface area contributed by atoms with Crippen molar-refractivity contribution in [3.05, 3.63) is 137 Å². The fourth-order valence-electron chi connectivity index (χ4n) is 4.78. The molecule has 3 N–H and O–H groups in total. The molecule has 4 aromatic rings. The summed E-state index contributed by atoms with van der Waals surface area (Å²) < 4.78 is 5.64. The maximum atomic E-state index is 13.9. The third kappa shape index (κ3) is 8.78. The van der Waals surface area contributed by atoms with Crippen LogP contribution < -0.4 is 15.4 Å². The van der Waals surface area contributed by atoms with Crippen LogP contribution in [-0.4, -0.2) is 41.6 Å². The molecule has 8 nitrogen and oxygen atoms in total. The summed E-state index contributed by atoms with van der Waals surface area (Å²) in [5.41, 5.74) is 3.56. The molecule has 0 aromatic heterocycles. The quantitative estimate of drug-likeness (QED) is 0.205. The van der Waals surface area contributed by atoms with E-state index in [0.717, 1.165) is 22.3 Å². The van der Waals surface area contributed by atoms with Gasteiger partial charge in [-0.3, -0.25) is 9.59 Å². The first kappa shape index (κ1) is 30.5. The van der Waals surface area contributed by atoms with Crippen molar-refractivity contribution in [2.24, 2.45) is 0 Å². The molecule has 43 heavy (non-hydrogen) atoms. The number of rotatable bonds is 13. The van der Waals surface area contributed by atoms with E-state index in [1.165, 1.54) is 12.1 Å². The number of hydrogen-bond donors (Lipinski definition) is 3. The van der Waals surface area contributed by atoms with Crippen molar-refractivity contribution in [3.63, 3.8) is 0 Å². The van der Waals surface area contributed by atoms with E-state index in [9.17, 15) is 24.8 Å². The molecule has 0 saturated heterocycles. The highest BCUT2D eigenvalue weighted by Crippen LogP contribution is 2.25. The third-order valence-electron chi connectivity index (χ3n) is 6.91. The number of nitrogens with one attached hydrogen (secondary N) is 2. The standard InChI is InChI=1S/C35H33N3O5/c1-24-10-8-11-25(20-24)21-31(38-34(40)32(26-12-4-2-5-13-26)27-14-6-3-7-15-27)33(39)37-29(23-36)18-19-43-30-17-9-16-28(22-30)35(41)42/h2-17,20,22,29,31-32H,18-19,21H2,1H3,(H,37,39)(H,38,40)(H,41,42)/t29-,31-/m0/s1. The molecule has 0 bridgehead atoms. The van der Waals surface area contributed by atoms with Gasteiger partial charge in [-0.15, -0.1) is 0 Å². The van der Waals surface area contributed by atoms with Gasteiger partial charge < -0.3 is 20.5 Å². The van der Waals surface area contributed by atoms with Crippen molar-refractivity contribution in [2.75, 3.05) is 6.61 Å². The second-order valence-corrected chi connectivity index (χ2v) is 10.2. The normalized spacial score (nSPS) is 12.0. The monoisotopic (exact) mass is 575 g/mol. The van der Waals surface area contributed by atoms with Crippen LogP contribution in [0.1, 0.15) is 45.0 Å². The number of carbonyl (C=O) groups is 3. The summed E-state index contributed by atoms with van der Waals surface area (Å²) in [5, 5.41) is 24.7. The lowest BCUT2D eigenvalue weighted by Gasteiger charge is -2.24. The van der Waals surface area contributed by atoms with Gasteiger partial charge in [-0.1, -0.05) is 96.6 Å². The van der Waals surface area contributed by atoms with Crippen LogP contribution in [0.4, 0.5) is 0 Å². The maximum absolute atomic E-state index is 13.9. The third-order valence-corrected chi connectivity index (χ3v) is 6.91. The number of carbonyl (C=O) groups excluding carboxylic acids is 2. The number of carboxylic acid groups (broad SMARTS) is 1. The Balaban J connectivity index is 1.50. The highest BCUT2D eigenvalue weighted by atomic mass is 16.5. The number of benzene rings is 4. The number of aryl methyl sites for hydroxylation is 1. The lowest BCUT2D eigenvalue weighted by atomic mass is 9.90. The Bertz CT molecular complexity index is 1540. The zero-order valence-corrected chi connectivity index (χ0v) is 23.8. The van der Waals surface area contributed by atoms with Gasteiger partial charge >= 0.3 is 5.97 Å². The van der Waals surface area contributed by atoms with Crippen LogP contribution in [0, 0.1) is 18.3 Å². The number of carboxylic acids is 1. The largest absolute Gasteiger partial charge is 0.493 e. The van der Waals surface area contributed by atoms with Crippen LogP contribution in [0.5, 0.6) is 5.75 Å². The second-order valence-electron chi connectivity index (χ2n) is 10.2. The number of ether oxygens (including phenoxy) is 1. The zero-order valence-electron chi connectivity index (χ0n) is 23.8. The van der Waals surface area contributed by atoms with Crippen molar-refractivity contribution in [3.8, 4) is 11.8 Å². The van der Waals surface area contributed by atoms with Crippen LogP contribution >= 0.6 is 0 Å². The summed E-state index contributed by atoms with van der Waals surface area (Å²) in [6, 6.07) is 32.7. The first-order valence-corrected chi connectivity index (χ1v) is 14.0. The van der Waals surface area contributed by atoms with Crippen LogP contribution in [0.2, 0.25) is 0 Å². The van der Waals surface area contributed by atoms with Crippen LogP contribution in [0.3, 0.4) is 0 Å². The maximum Gasteiger partial charge on any atom is 0.335 e. The van der Waals surface area contributed by atoms with Crippen molar-refractivity contribution in [2.45, 2.75) is 37.8 Å². The molecular weight excluding hydrogens is 542 g/mol.